The zero-order valence-corrected chi connectivity index (χ0v) is 8.71. The normalized spacial score (nSPS) is 19.3. The molecule has 3 heteroatoms. The lowest BCUT2D eigenvalue weighted by atomic mass is 10.0. The Morgan fingerprint density at radius 3 is 2.87 bits per heavy atom. The van der Waals surface area contributed by atoms with Gasteiger partial charge in [0.25, 0.3) is 0 Å². The maximum Gasteiger partial charge on any atom is 0.108 e. The number of hydrogen-bond acceptors (Lipinski definition) is 3. The highest BCUT2D eigenvalue weighted by Crippen LogP contribution is 2.10. The average molecular weight is 201 g/mol. The molecule has 1 fully saturated rings. The molecule has 15 heavy (non-hydrogen) atoms. The minimum Gasteiger partial charge on any atom is -0.364 e. The molecule has 2 aliphatic rings. The Hall–Kier alpha value is -1.35. The molecular formula is C12H15N3. The van der Waals surface area contributed by atoms with Crippen molar-refractivity contribution in [2.24, 2.45) is 4.99 Å². The van der Waals surface area contributed by atoms with E-state index in [0.717, 1.165) is 25.1 Å². The predicted octanol–water partition coefficient (Wildman–Crippen LogP) is 0.223. The van der Waals surface area contributed by atoms with E-state index in [1.807, 2.05) is 0 Å². The second-order valence-electron chi connectivity index (χ2n) is 4.08. The lowest BCUT2D eigenvalue weighted by Gasteiger charge is -2.15. The molecular weight excluding hydrogens is 186 g/mol. The van der Waals surface area contributed by atoms with Gasteiger partial charge in [0.15, 0.2) is 0 Å². The van der Waals surface area contributed by atoms with E-state index in [0.29, 0.717) is 0 Å². The zero-order valence-electron chi connectivity index (χ0n) is 8.71. The van der Waals surface area contributed by atoms with Gasteiger partial charge in [0, 0.05) is 0 Å². The molecule has 2 aliphatic heterocycles. The van der Waals surface area contributed by atoms with Crippen LogP contribution in [0.5, 0.6) is 0 Å². The molecule has 1 saturated heterocycles. The second-order valence-corrected chi connectivity index (χ2v) is 4.08. The summed E-state index contributed by atoms with van der Waals surface area (Å²) in [5, 5.41) is 9.16. The van der Waals surface area contributed by atoms with Gasteiger partial charge in [0.05, 0.1) is 11.0 Å². The molecule has 2 N–H and O–H groups in total. The molecule has 2 heterocycles. The Balaban J connectivity index is 2.09. The molecule has 0 spiro atoms. The van der Waals surface area contributed by atoms with Crippen molar-refractivity contribution in [2.75, 3.05) is 25.1 Å². The summed E-state index contributed by atoms with van der Waals surface area (Å²) >= 11 is 0. The first-order valence-electron chi connectivity index (χ1n) is 5.55. The molecule has 0 unspecified atom stereocenters. The first-order valence-corrected chi connectivity index (χ1v) is 5.55. The van der Waals surface area contributed by atoms with Crippen LogP contribution in [0.25, 0.3) is 5.57 Å². The van der Waals surface area contributed by atoms with E-state index in [-0.39, 0.29) is 0 Å². The smallest absolute Gasteiger partial charge is 0.108 e. The van der Waals surface area contributed by atoms with Gasteiger partial charge in [-0.05, 0) is 43.3 Å². The number of nitrogens with zero attached hydrogens (tertiary/aromatic N) is 1. The van der Waals surface area contributed by atoms with Crippen LogP contribution in [0, 0.1) is 0 Å². The molecule has 1 aromatic carbocycles. The summed E-state index contributed by atoms with van der Waals surface area (Å²) in [5.74, 6) is 0. The number of fused-ring (bicyclic) bond motifs is 1. The van der Waals surface area contributed by atoms with Gasteiger partial charge in [0.1, 0.15) is 6.67 Å². The predicted molar refractivity (Wildman–Crippen MR) is 61.2 cm³/mol. The lowest BCUT2D eigenvalue weighted by Crippen LogP contribution is -2.26. The highest BCUT2D eigenvalue weighted by Gasteiger charge is 2.07. The van der Waals surface area contributed by atoms with Gasteiger partial charge >= 0.3 is 0 Å². The van der Waals surface area contributed by atoms with Crippen molar-refractivity contribution in [3.63, 3.8) is 0 Å². The number of hydrogen-bond donors (Lipinski definition) is 2. The molecule has 3 rings (SSSR count). The maximum atomic E-state index is 4.35. The number of benzene rings is 1. The molecule has 0 aromatic heterocycles. The number of piperidine rings is 1. The van der Waals surface area contributed by atoms with Gasteiger partial charge in [-0.2, -0.15) is 0 Å². The van der Waals surface area contributed by atoms with Crippen molar-refractivity contribution < 1.29 is 0 Å². The third-order valence-corrected chi connectivity index (χ3v) is 3.13. The second kappa shape index (κ2) is 3.66. The molecule has 0 amide bonds. The summed E-state index contributed by atoms with van der Waals surface area (Å²) in [7, 11) is 0. The Kier molecular flexibility index (Phi) is 2.18. The SMILES string of the molecule is c1cc2c(cc1=C1CCNCC1)NCN=2. The standard InChI is InChI=1S/C12H15N3/c1-2-11-12(15-8-14-11)7-10(1)9-3-5-13-6-4-9/h1-2,7,13,15H,3-6,8H2. The van der Waals surface area contributed by atoms with Crippen LogP contribution in [0.15, 0.2) is 23.2 Å². The van der Waals surface area contributed by atoms with Crippen molar-refractivity contribution in [3.05, 3.63) is 28.8 Å². The van der Waals surface area contributed by atoms with Crippen molar-refractivity contribution in [2.45, 2.75) is 12.8 Å². The molecule has 0 saturated carbocycles. The van der Waals surface area contributed by atoms with E-state index in [9.17, 15) is 0 Å². The fourth-order valence-electron chi connectivity index (χ4n) is 2.26. The van der Waals surface area contributed by atoms with Crippen LogP contribution in [-0.4, -0.2) is 19.8 Å². The molecule has 0 bridgehead atoms. The topological polar surface area (TPSA) is 36.4 Å². The maximum absolute atomic E-state index is 4.35. The summed E-state index contributed by atoms with van der Waals surface area (Å²) in [6.45, 7) is 2.96. The van der Waals surface area contributed by atoms with Crippen LogP contribution < -0.4 is 21.2 Å². The fraction of sp³-hybridized carbons (Fsp3) is 0.417. The molecule has 1 aromatic rings. The molecule has 0 atom stereocenters. The quantitative estimate of drug-likeness (QED) is 0.630. The van der Waals surface area contributed by atoms with Gasteiger partial charge in [-0.3, -0.25) is 4.99 Å². The van der Waals surface area contributed by atoms with Crippen molar-refractivity contribution in [3.8, 4) is 0 Å². The fourth-order valence-corrected chi connectivity index (χ4v) is 2.26. The van der Waals surface area contributed by atoms with Crippen LogP contribution in [0.1, 0.15) is 12.8 Å². The largest absolute Gasteiger partial charge is 0.364 e. The van der Waals surface area contributed by atoms with Gasteiger partial charge in [0.2, 0.25) is 0 Å². The van der Waals surface area contributed by atoms with Gasteiger partial charge < -0.3 is 10.6 Å². The zero-order chi connectivity index (χ0) is 10.1. The van der Waals surface area contributed by atoms with E-state index in [2.05, 4.69) is 33.8 Å². The van der Waals surface area contributed by atoms with Crippen LogP contribution in [0.3, 0.4) is 0 Å². The Morgan fingerprint density at radius 1 is 1.13 bits per heavy atom. The number of nitrogens with one attached hydrogen (secondary N) is 2. The van der Waals surface area contributed by atoms with Gasteiger partial charge in [-0.15, -0.1) is 0 Å². The molecule has 78 valence electrons. The summed E-state index contributed by atoms with van der Waals surface area (Å²) < 4.78 is 0. The number of anilines is 1. The average Bonchev–Trinajstić information content (AvgIpc) is 2.77. The van der Waals surface area contributed by atoms with Crippen molar-refractivity contribution >= 4 is 11.3 Å². The van der Waals surface area contributed by atoms with Crippen LogP contribution >= 0.6 is 0 Å². The molecule has 0 radical (unpaired) electrons. The van der Waals surface area contributed by atoms with E-state index < -0.39 is 0 Å². The summed E-state index contributed by atoms with van der Waals surface area (Å²) in [5.41, 5.74) is 2.77. The van der Waals surface area contributed by atoms with Crippen molar-refractivity contribution in [1.29, 1.82) is 0 Å². The first kappa shape index (κ1) is 8.92. The molecule has 0 aliphatic carbocycles. The van der Waals surface area contributed by atoms with Crippen LogP contribution in [0.4, 0.5) is 5.69 Å². The van der Waals surface area contributed by atoms with Gasteiger partial charge in [-0.25, -0.2) is 0 Å². The van der Waals surface area contributed by atoms with Crippen LogP contribution in [0.2, 0.25) is 0 Å². The third-order valence-electron chi connectivity index (χ3n) is 3.13. The first-order chi connectivity index (χ1) is 7.43. The minimum atomic E-state index is 0.732. The van der Waals surface area contributed by atoms with E-state index >= 15 is 0 Å². The van der Waals surface area contributed by atoms with E-state index in [4.69, 9.17) is 0 Å². The number of rotatable bonds is 0. The third kappa shape index (κ3) is 1.63. The monoisotopic (exact) mass is 201 g/mol. The summed E-state index contributed by atoms with van der Waals surface area (Å²) in [4.78, 5) is 4.35. The Labute approximate surface area is 88.9 Å². The summed E-state index contributed by atoms with van der Waals surface area (Å²) in [6.07, 6.45) is 2.35. The summed E-state index contributed by atoms with van der Waals surface area (Å²) in [6, 6.07) is 6.57. The van der Waals surface area contributed by atoms with E-state index in [1.54, 1.807) is 5.57 Å². The Morgan fingerprint density at radius 2 is 2.00 bits per heavy atom. The Bertz CT molecular complexity index is 482. The van der Waals surface area contributed by atoms with Gasteiger partial charge in [-0.1, -0.05) is 11.6 Å². The lowest BCUT2D eigenvalue weighted by molar-refractivity contribution is 0.650. The van der Waals surface area contributed by atoms with Crippen molar-refractivity contribution in [1.82, 2.24) is 5.32 Å². The molecule has 3 nitrogen and oxygen atoms in total. The van der Waals surface area contributed by atoms with Crippen LogP contribution in [-0.2, 0) is 0 Å². The van der Waals surface area contributed by atoms with E-state index in [1.165, 1.54) is 23.7 Å². The highest BCUT2D eigenvalue weighted by molar-refractivity contribution is 5.52. The minimum absolute atomic E-state index is 0.732. The highest BCUT2D eigenvalue weighted by atomic mass is 15.1.